The molecule has 1 amide bonds. The summed E-state index contributed by atoms with van der Waals surface area (Å²) in [6, 6.07) is 11.0. The highest BCUT2D eigenvalue weighted by atomic mass is 16.5. The highest BCUT2D eigenvalue weighted by Crippen LogP contribution is 2.28. The first-order chi connectivity index (χ1) is 9.63. The van der Waals surface area contributed by atoms with Crippen molar-refractivity contribution < 1.29 is 19.4 Å². The molecule has 0 fully saturated rings. The largest absolute Gasteiger partial charge is 0.493 e. The first-order valence-electron chi connectivity index (χ1n) is 6.28. The van der Waals surface area contributed by atoms with E-state index in [2.05, 4.69) is 5.32 Å². The third-order valence-electron chi connectivity index (χ3n) is 2.82. The van der Waals surface area contributed by atoms with Gasteiger partial charge in [0.05, 0.1) is 12.2 Å². The lowest BCUT2D eigenvalue weighted by Gasteiger charge is -2.12. The van der Waals surface area contributed by atoms with Gasteiger partial charge in [-0.05, 0) is 23.8 Å². The van der Waals surface area contributed by atoms with E-state index < -0.39 is 18.4 Å². The second kappa shape index (κ2) is 6.06. The molecule has 0 radical (unpaired) electrons. The Kier molecular flexibility index (Phi) is 4.20. The van der Waals surface area contributed by atoms with E-state index in [-0.39, 0.29) is 0 Å². The number of carbonyl (C=O) groups is 2. The maximum atomic E-state index is 12.2. The lowest BCUT2D eigenvalue weighted by molar-refractivity contribution is -0.135. The number of hydrogen-bond donors (Lipinski definition) is 2. The van der Waals surface area contributed by atoms with Crippen LogP contribution in [0.4, 0.5) is 0 Å². The summed E-state index contributed by atoms with van der Waals surface area (Å²) in [6.07, 6.45) is 0. The van der Waals surface area contributed by atoms with E-state index in [0.717, 1.165) is 10.8 Å². The maximum Gasteiger partial charge on any atom is 0.322 e. The summed E-state index contributed by atoms with van der Waals surface area (Å²) in [5.74, 6) is -1.08. The minimum atomic E-state index is -1.09. The molecule has 0 heterocycles. The zero-order valence-electron chi connectivity index (χ0n) is 11.1. The molecule has 0 spiro atoms. The van der Waals surface area contributed by atoms with E-state index >= 15 is 0 Å². The van der Waals surface area contributed by atoms with Crippen molar-refractivity contribution in [3.63, 3.8) is 0 Å². The zero-order chi connectivity index (χ0) is 14.5. The summed E-state index contributed by atoms with van der Waals surface area (Å²) in [6.45, 7) is 1.83. The molecule has 2 aromatic rings. The molecule has 0 bridgehead atoms. The quantitative estimate of drug-likeness (QED) is 0.874. The minimum absolute atomic E-state index is 0.367. The van der Waals surface area contributed by atoms with Gasteiger partial charge in [0, 0.05) is 0 Å². The number of hydrogen-bond acceptors (Lipinski definition) is 3. The second-order valence-corrected chi connectivity index (χ2v) is 4.17. The van der Waals surface area contributed by atoms with E-state index in [1.54, 1.807) is 6.07 Å². The van der Waals surface area contributed by atoms with Crippen molar-refractivity contribution in [2.24, 2.45) is 0 Å². The third-order valence-corrected chi connectivity index (χ3v) is 2.82. The van der Waals surface area contributed by atoms with Crippen LogP contribution in [0.1, 0.15) is 17.3 Å². The van der Waals surface area contributed by atoms with Crippen LogP contribution in [0.25, 0.3) is 10.8 Å². The van der Waals surface area contributed by atoms with Crippen molar-refractivity contribution in [1.82, 2.24) is 5.32 Å². The Bertz CT molecular complexity index is 651. The number of carboxylic acids is 1. The molecule has 0 aromatic heterocycles. The monoisotopic (exact) mass is 273 g/mol. The Hall–Kier alpha value is -2.56. The molecule has 20 heavy (non-hydrogen) atoms. The van der Waals surface area contributed by atoms with Gasteiger partial charge >= 0.3 is 5.97 Å². The van der Waals surface area contributed by atoms with Crippen molar-refractivity contribution in [2.75, 3.05) is 13.2 Å². The van der Waals surface area contributed by atoms with E-state index in [1.807, 2.05) is 37.3 Å². The van der Waals surface area contributed by atoms with Gasteiger partial charge in [0.1, 0.15) is 12.3 Å². The number of benzene rings is 2. The molecule has 0 saturated carbocycles. The topological polar surface area (TPSA) is 75.6 Å². The number of nitrogens with one attached hydrogen (secondary N) is 1. The van der Waals surface area contributed by atoms with Gasteiger partial charge in [-0.3, -0.25) is 9.59 Å². The van der Waals surface area contributed by atoms with Gasteiger partial charge < -0.3 is 15.2 Å². The number of carbonyl (C=O) groups excluding carboxylic acids is 1. The number of fused-ring (bicyclic) bond motifs is 1. The van der Waals surface area contributed by atoms with Crippen LogP contribution in [-0.2, 0) is 4.79 Å². The number of amides is 1. The maximum absolute atomic E-state index is 12.2. The van der Waals surface area contributed by atoms with Gasteiger partial charge in [-0.15, -0.1) is 0 Å². The standard InChI is InChI=1S/C15H15NO4/c1-2-20-12-8-7-10-5-3-4-6-11(10)14(12)15(19)16-9-13(17)18/h3-8H,2,9H2,1H3,(H,16,19)(H,17,18). The summed E-state index contributed by atoms with van der Waals surface area (Å²) in [5, 5.41) is 12.7. The Morgan fingerprint density at radius 1 is 1.20 bits per heavy atom. The van der Waals surface area contributed by atoms with Crippen molar-refractivity contribution in [3.8, 4) is 5.75 Å². The molecule has 0 aliphatic rings. The van der Waals surface area contributed by atoms with Crippen LogP contribution < -0.4 is 10.1 Å². The molecule has 5 nitrogen and oxygen atoms in total. The van der Waals surface area contributed by atoms with Crippen LogP contribution in [0.15, 0.2) is 36.4 Å². The van der Waals surface area contributed by atoms with E-state index in [0.29, 0.717) is 17.9 Å². The highest BCUT2D eigenvalue weighted by Gasteiger charge is 2.16. The first kappa shape index (κ1) is 13.9. The second-order valence-electron chi connectivity index (χ2n) is 4.17. The summed E-state index contributed by atoms with van der Waals surface area (Å²) in [4.78, 5) is 22.8. The predicted molar refractivity (Wildman–Crippen MR) is 75.1 cm³/mol. The molecule has 104 valence electrons. The normalized spacial score (nSPS) is 10.2. The fourth-order valence-electron chi connectivity index (χ4n) is 2.01. The third kappa shape index (κ3) is 2.88. The zero-order valence-corrected chi connectivity index (χ0v) is 11.1. The van der Waals surface area contributed by atoms with Crippen LogP contribution in [0.2, 0.25) is 0 Å². The van der Waals surface area contributed by atoms with Crippen LogP contribution in [-0.4, -0.2) is 30.1 Å². The first-order valence-corrected chi connectivity index (χ1v) is 6.28. The smallest absolute Gasteiger partial charge is 0.322 e. The number of ether oxygens (including phenoxy) is 1. The van der Waals surface area contributed by atoms with Crippen molar-refractivity contribution >= 4 is 22.6 Å². The van der Waals surface area contributed by atoms with Gasteiger partial charge in [-0.25, -0.2) is 0 Å². The Morgan fingerprint density at radius 3 is 2.65 bits per heavy atom. The molecule has 2 rings (SSSR count). The Morgan fingerprint density at radius 2 is 1.95 bits per heavy atom. The predicted octanol–water partition coefficient (Wildman–Crippen LogP) is 2.05. The molecule has 0 aliphatic carbocycles. The minimum Gasteiger partial charge on any atom is -0.493 e. The van der Waals surface area contributed by atoms with E-state index in [1.165, 1.54) is 0 Å². The Labute approximate surface area is 116 Å². The highest BCUT2D eigenvalue weighted by molar-refractivity contribution is 6.10. The summed E-state index contributed by atoms with van der Waals surface area (Å²) >= 11 is 0. The molecule has 5 heteroatoms. The van der Waals surface area contributed by atoms with E-state index in [4.69, 9.17) is 9.84 Å². The van der Waals surface area contributed by atoms with Crippen LogP contribution in [0, 0.1) is 0 Å². The molecule has 0 saturated heterocycles. The fraction of sp³-hybridized carbons (Fsp3) is 0.200. The van der Waals surface area contributed by atoms with Gasteiger partial charge in [-0.2, -0.15) is 0 Å². The molecule has 2 aromatic carbocycles. The molecule has 0 unspecified atom stereocenters. The van der Waals surface area contributed by atoms with Crippen LogP contribution in [0.5, 0.6) is 5.75 Å². The van der Waals surface area contributed by atoms with Crippen LogP contribution >= 0.6 is 0 Å². The number of aliphatic carboxylic acids is 1. The van der Waals surface area contributed by atoms with Gasteiger partial charge in [0.2, 0.25) is 0 Å². The van der Waals surface area contributed by atoms with E-state index in [9.17, 15) is 9.59 Å². The lowest BCUT2D eigenvalue weighted by Crippen LogP contribution is -2.29. The summed E-state index contributed by atoms with van der Waals surface area (Å²) < 4.78 is 5.46. The fourth-order valence-corrected chi connectivity index (χ4v) is 2.01. The summed E-state index contributed by atoms with van der Waals surface area (Å²) in [7, 11) is 0. The summed E-state index contributed by atoms with van der Waals surface area (Å²) in [5.41, 5.74) is 0.367. The van der Waals surface area contributed by atoms with Crippen molar-refractivity contribution in [2.45, 2.75) is 6.92 Å². The molecule has 2 N–H and O–H groups in total. The Balaban J connectivity index is 2.48. The molecule has 0 atom stereocenters. The lowest BCUT2D eigenvalue weighted by atomic mass is 10.0. The number of carboxylic acid groups (broad SMARTS) is 1. The van der Waals surface area contributed by atoms with Crippen molar-refractivity contribution in [1.29, 1.82) is 0 Å². The molecule has 0 aliphatic heterocycles. The van der Waals surface area contributed by atoms with Gasteiger partial charge in [0.25, 0.3) is 5.91 Å². The molecular weight excluding hydrogens is 258 g/mol. The molecular formula is C15H15NO4. The van der Waals surface area contributed by atoms with Crippen molar-refractivity contribution in [3.05, 3.63) is 42.0 Å². The average Bonchev–Trinajstić information content (AvgIpc) is 2.45. The average molecular weight is 273 g/mol. The van der Waals surface area contributed by atoms with Gasteiger partial charge in [-0.1, -0.05) is 30.3 Å². The van der Waals surface area contributed by atoms with Crippen LogP contribution in [0.3, 0.4) is 0 Å². The number of rotatable bonds is 5. The van der Waals surface area contributed by atoms with Gasteiger partial charge in [0.15, 0.2) is 0 Å². The SMILES string of the molecule is CCOc1ccc2ccccc2c1C(=O)NCC(=O)O.